The van der Waals surface area contributed by atoms with Crippen LogP contribution in [0.25, 0.3) is 0 Å². The summed E-state index contributed by atoms with van der Waals surface area (Å²) in [6.45, 7) is 0.964. The molecule has 1 aliphatic carbocycles. The Balaban J connectivity index is 1.40. The number of ether oxygens (including phenoxy) is 1. The summed E-state index contributed by atoms with van der Waals surface area (Å²) in [4.78, 5) is 25.7. The molecule has 1 heterocycles. The summed E-state index contributed by atoms with van der Waals surface area (Å²) in [6, 6.07) is 2.92. The fraction of sp³-hybridized carbons (Fsp3) is 0.529. The number of halogens is 2. The van der Waals surface area contributed by atoms with Crippen LogP contribution >= 0.6 is 0 Å². The monoisotopic (exact) mass is 338 g/mol. The van der Waals surface area contributed by atoms with Gasteiger partial charge in [0, 0.05) is 31.1 Å². The molecule has 1 saturated heterocycles. The van der Waals surface area contributed by atoms with Crippen LogP contribution in [0.3, 0.4) is 0 Å². The molecule has 1 saturated carbocycles. The molecule has 0 aromatic heterocycles. The third-order valence-electron chi connectivity index (χ3n) is 4.35. The third kappa shape index (κ3) is 4.21. The molecule has 5 nitrogen and oxygen atoms in total. The number of rotatable bonds is 5. The van der Waals surface area contributed by atoms with Gasteiger partial charge in [-0.3, -0.25) is 9.59 Å². The van der Waals surface area contributed by atoms with Gasteiger partial charge in [-0.1, -0.05) is 0 Å². The van der Waals surface area contributed by atoms with Crippen LogP contribution in [0.15, 0.2) is 18.2 Å². The lowest BCUT2D eigenvalue weighted by Crippen LogP contribution is -2.47. The SMILES string of the molecule is O=C(COc1ccc(F)cc1F)NC1CCN(C(=O)C2CC2)CC1. The standard InChI is InChI=1S/C17H20F2N2O3/c18-12-3-4-15(14(19)9-12)24-10-16(22)20-13-5-7-21(8-6-13)17(23)11-1-2-11/h3-4,9,11,13H,1-2,5-8,10H2,(H,20,22). The van der Waals surface area contributed by atoms with Crippen molar-refractivity contribution >= 4 is 11.8 Å². The van der Waals surface area contributed by atoms with E-state index >= 15 is 0 Å². The summed E-state index contributed by atoms with van der Waals surface area (Å²) in [6.07, 6.45) is 3.39. The van der Waals surface area contributed by atoms with Crippen molar-refractivity contribution in [2.45, 2.75) is 31.7 Å². The van der Waals surface area contributed by atoms with Crippen LogP contribution in [-0.2, 0) is 9.59 Å². The van der Waals surface area contributed by atoms with E-state index < -0.39 is 11.6 Å². The predicted octanol–water partition coefficient (Wildman–Crippen LogP) is 1.86. The van der Waals surface area contributed by atoms with Crippen LogP contribution in [-0.4, -0.2) is 42.5 Å². The van der Waals surface area contributed by atoms with Gasteiger partial charge in [0.05, 0.1) is 0 Å². The van der Waals surface area contributed by atoms with Crippen molar-refractivity contribution in [2.75, 3.05) is 19.7 Å². The summed E-state index contributed by atoms with van der Waals surface area (Å²) >= 11 is 0. The molecular weight excluding hydrogens is 318 g/mol. The Labute approximate surface area is 139 Å². The number of carbonyl (C=O) groups excluding carboxylic acids is 2. The zero-order valence-electron chi connectivity index (χ0n) is 13.3. The van der Waals surface area contributed by atoms with Crippen molar-refractivity contribution in [3.05, 3.63) is 29.8 Å². The van der Waals surface area contributed by atoms with Gasteiger partial charge < -0.3 is 15.0 Å². The van der Waals surface area contributed by atoms with Gasteiger partial charge in [-0.05, 0) is 37.8 Å². The van der Waals surface area contributed by atoms with Gasteiger partial charge in [0.2, 0.25) is 5.91 Å². The highest BCUT2D eigenvalue weighted by atomic mass is 19.1. The first-order valence-electron chi connectivity index (χ1n) is 8.19. The number of amides is 2. The lowest BCUT2D eigenvalue weighted by molar-refractivity contribution is -0.133. The average Bonchev–Trinajstić information content (AvgIpc) is 3.39. The number of carbonyl (C=O) groups is 2. The molecule has 1 N–H and O–H groups in total. The van der Waals surface area contributed by atoms with Crippen molar-refractivity contribution in [1.29, 1.82) is 0 Å². The van der Waals surface area contributed by atoms with Crippen LogP contribution in [0, 0.1) is 17.6 Å². The first-order valence-corrected chi connectivity index (χ1v) is 8.19. The summed E-state index contributed by atoms with van der Waals surface area (Å²) < 4.78 is 31.3. The minimum atomic E-state index is -0.838. The maximum Gasteiger partial charge on any atom is 0.258 e. The quantitative estimate of drug-likeness (QED) is 0.892. The molecule has 3 rings (SSSR count). The molecule has 130 valence electrons. The van der Waals surface area contributed by atoms with Crippen molar-refractivity contribution in [2.24, 2.45) is 5.92 Å². The van der Waals surface area contributed by atoms with E-state index in [1.807, 2.05) is 4.90 Å². The molecule has 1 aromatic rings. The van der Waals surface area contributed by atoms with E-state index in [0.717, 1.165) is 25.0 Å². The van der Waals surface area contributed by atoms with Crippen molar-refractivity contribution in [3.63, 3.8) is 0 Å². The summed E-state index contributed by atoms with van der Waals surface area (Å²) in [7, 11) is 0. The largest absolute Gasteiger partial charge is 0.481 e. The zero-order valence-corrected chi connectivity index (χ0v) is 13.3. The molecule has 2 fully saturated rings. The number of hydrogen-bond acceptors (Lipinski definition) is 3. The number of piperidine rings is 1. The second kappa shape index (κ2) is 7.15. The Morgan fingerprint density at radius 2 is 1.88 bits per heavy atom. The van der Waals surface area contributed by atoms with Gasteiger partial charge >= 0.3 is 0 Å². The van der Waals surface area contributed by atoms with Gasteiger partial charge in [0.15, 0.2) is 18.2 Å². The Morgan fingerprint density at radius 1 is 1.17 bits per heavy atom. The second-order valence-corrected chi connectivity index (χ2v) is 6.30. The average molecular weight is 338 g/mol. The number of nitrogens with zero attached hydrogens (tertiary/aromatic N) is 1. The number of nitrogens with one attached hydrogen (secondary N) is 1. The van der Waals surface area contributed by atoms with E-state index in [0.29, 0.717) is 32.0 Å². The van der Waals surface area contributed by atoms with Crippen LogP contribution in [0.5, 0.6) is 5.75 Å². The van der Waals surface area contributed by atoms with Crippen LogP contribution in [0.2, 0.25) is 0 Å². The van der Waals surface area contributed by atoms with Gasteiger partial charge in [-0.25, -0.2) is 8.78 Å². The number of likely N-dealkylation sites (tertiary alicyclic amines) is 1. The van der Waals surface area contributed by atoms with Crippen LogP contribution < -0.4 is 10.1 Å². The maximum atomic E-state index is 13.4. The van der Waals surface area contributed by atoms with Crippen molar-refractivity contribution < 1.29 is 23.1 Å². The van der Waals surface area contributed by atoms with Crippen molar-refractivity contribution in [1.82, 2.24) is 10.2 Å². The lowest BCUT2D eigenvalue weighted by atomic mass is 10.0. The van der Waals surface area contributed by atoms with Gasteiger partial charge in [-0.15, -0.1) is 0 Å². The molecule has 24 heavy (non-hydrogen) atoms. The molecule has 2 amide bonds. The summed E-state index contributed by atoms with van der Waals surface area (Å²) in [5.74, 6) is -1.60. The minimum Gasteiger partial charge on any atom is -0.481 e. The molecule has 1 aliphatic heterocycles. The molecule has 1 aromatic carbocycles. The van der Waals surface area contributed by atoms with Gasteiger partial charge in [-0.2, -0.15) is 0 Å². The van der Waals surface area contributed by atoms with E-state index in [2.05, 4.69) is 5.32 Å². The fourth-order valence-corrected chi connectivity index (χ4v) is 2.84. The third-order valence-corrected chi connectivity index (χ3v) is 4.35. The Hall–Kier alpha value is -2.18. The first kappa shape index (κ1) is 16.7. The molecule has 0 spiro atoms. The molecule has 0 bridgehead atoms. The Bertz CT molecular complexity index is 626. The van der Waals surface area contributed by atoms with Gasteiger partial charge in [0.1, 0.15) is 5.82 Å². The predicted molar refractivity (Wildman–Crippen MR) is 82.3 cm³/mol. The summed E-state index contributed by atoms with van der Waals surface area (Å²) in [5.41, 5.74) is 0. The molecule has 0 atom stereocenters. The molecule has 0 unspecified atom stereocenters. The highest BCUT2D eigenvalue weighted by Crippen LogP contribution is 2.31. The number of hydrogen-bond donors (Lipinski definition) is 1. The lowest BCUT2D eigenvalue weighted by Gasteiger charge is -2.32. The molecular formula is C17H20F2N2O3. The fourth-order valence-electron chi connectivity index (χ4n) is 2.84. The van der Waals surface area contributed by atoms with E-state index in [9.17, 15) is 18.4 Å². The minimum absolute atomic E-state index is 0.0117. The van der Waals surface area contributed by atoms with Crippen molar-refractivity contribution in [3.8, 4) is 5.75 Å². The maximum absolute atomic E-state index is 13.4. The Morgan fingerprint density at radius 3 is 2.50 bits per heavy atom. The van der Waals surface area contributed by atoms with E-state index in [1.54, 1.807) is 0 Å². The molecule has 0 radical (unpaired) electrons. The topological polar surface area (TPSA) is 58.6 Å². The second-order valence-electron chi connectivity index (χ2n) is 6.30. The highest BCUT2D eigenvalue weighted by Gasteiger charge is 2.35. The van der Waals surface area contributed by atoms with E-state index in [4.69, 9.17) is 4.74 Å². The Kier molecular flexibility index (Phi) is 4.97. The highest BCUT2D eigenvalue weighted by molar-refractivity contribution is 5.81. The molecule has 2 aliphatic rings. The van der Waals surface area contributed by atoms with Crippen LogP contribution in [0.4, 0.5) is 8.78 Å². The first-order chi connectivity index (χ1) is 11.5. The molecule has 7 heteroatoms. The summed E-state index contributed by atoms with van der Waals surface area (Å²) in [5, 5.41) is 2.83. The smallest absolute Gasteiger partial charge is 0.258 e. The number of benzene rings is 1. The van der Waals surface area contributed by atoms with E-state index in [-0.39, 0.29) is 36.1 Å². The van der Waals surface area contributed by atoms with E-state index in [1.165, 1.54) is 0 Å². The normalized spacial score (nSPS) is 18.3. The van der Waals surface area contributed by atoms with Crippen LogP contribution in [0.1, 0.15) is 25.7 Å². The van der Waals surface area contributed by atoms with Gasteiger partial charge in [0.25, 0.3) is 5.91 Å². The zero-order chi connectivity index (χ0) is 17.1.